The Morgan fingerprint density at radius 2 is 1.89 bits per heavy atom. The van der Waals surface area contributed by atoms with Crippen molar-refractivity contribution in [3.63, 3.8) is 0 Å². The zero-order valence-electron chi connectivity index (χ0n) is 9.39. The Morgan fingerprint density at radius 3 is 2.33 bits per heavy atom. The lowest BCUT2D eigenvalue weighted by Crippen LogP contribution is -2.51. The number of halogens is 6. The van der Waals surface area contributed by atoms with Gasteiger partial charge in [-0.3, -0.25) is 4.79 Å². The lowest BCUT2D eigenvalue weighted by atomic mass is 9.93. The number of ether oxygens (including phenoxy) is 1. The molecule has 0 aromatic carbocycles. The summed E-state index contributed by atoms with van der Waals surface area (Å²) >= 11 is 0. The molecule has 0 aliphatic carbocycles. The predicted molar refractivity (Wildman–Crippen MR) is 54.8 cm³/mol. The van der Waals surface area contributed by atoms with E-state index in [2.05, 4.69) is 10.1 Å². The SMILES string of the molecule is CCOC(=O)[C@H]1NCC[C@@H]1C(F)(F)C(F)(F)F.Cl. The molecule has 2 atom stereocenters. The number of hydrogen-bond donors (Lipinski definition) is 1. The van der Waals surface area contributed by atoms with Crippen LogP contribution < -0.4 is 5.32 Å². The number of esters is 1. The van der Waals surface area contributed by atoms with Crippen LogP contribution in [-0.4, -0.2) is 37.3 Å². The van der Waals surface area contributed by atoms with Crippen LogP contribution in [0.15, 0.2) is 0 Å². The average Bonchev–Trinajstić information content (AvgIpc) is 2.64. The van der Waals surface area contributed by atoms with Crippen LogP contribution in [0.1, 0.15) is 13.3 Å². The topological polar surface area (TPSA) is 38.3 Å². The zero-order chi connectivity index (χ0) is 13.3. The third kappa shape index (κ3) is 3.23. The van der Waals surface area contributed by atoms with Gasteiger partial charge in [0.15, 0.2) is 0 Å². The highest BCUT2D eigenvalue weighted by Gasteiger charge is 2.65. The van der Waals surface area contributed by atoms with Crippen molar-refractivity contribution in [3.05, 3.63) is 0 Å². The van der Waals surface area contributed by atoms with Gasteiger partial charge in [-0.25, -0.2) is 0 Å². The molecule has 1 aliphatic heterocycles. The minimum Gasteiger partial charge on any atom is -0.465 e. The Labute approximate surface area is 106 Å². The summed E-state index contributed by atoms with van der Waals surface area (Å²) in [5, 5.41) is 2.31. The zero-order valence-corrected chi connectivity index (χ0v) is 10.2. The first kappa shape index (κ1) is 17.4. The Morgan fingerprint density at radius 1 is 1.33 bits per heavy atom. The Kier molecular flexibility index (Phi) is 5.80. The first-order chi connectivity index (χ1) is 7.71. The second kappa shape index (κ2) is 6.01. The third-order valence-corrected chi connectivity index (χ3v) is 2.61. The molecule has 18 heavy (non-hydrogen) atoms. The highest BCUT2D eigenvalue weighted by molar-refractivity contribution is 5.85. The van der Waals surface area contributed by atoms with Crippen LogP contribution in [0.5, 0.6) is 0 Å². The van der Waals surface area contributed by atoms with E-state index in [0.29, 0.717) is 0 Å². The van der Waals surface area contributed by atoms with Crippen molar-refractivity contribution in [2.24, 2.45) is 5.92 Å². The van der Waals surface area contributed by atoms with Crippen LogP contribution in [0, 0.1) is 5.92 Å². The van der Waals surface area contributed by atoms with Gasteiger partial charge in [-0.05, 0) is 19.9 Å². The van der Waals surface area contributed by atoms with E-state index in [0.717, 1.165) is 0 Å². The number of carbonyl (C=O) groups excluding carboxylic acids is 1. The van der Waals surface area contributed by atoms with Gasteiger partial charge >= 0.3 is 18.1 Å². The summed E-state index contributed by atoms with van der Waals surface area (Å²) < 4.78 is 67.2. The summed E-state index contributed by atoms with van der Waals surface area (Å²) in [7, 11) is 0. The molecule has 0 spiro atoms. The number of alkyl halides is 5. The number of nitrogens with one attached hydrogen (secondary N) is 1. The molecule has 3 nitrogen and oxygen atoms in total. The van der Waals surface area contributed by atoms with E-state index < -0.39 is 36.4 Å². The first-order valence-electron chi connectivity index (χ1n) is 5.06. The Bertz CT molecular complexity index is 297. The molecule has 9 heteroatoms. The van der Waals surface area contributed by atoms with Crippen molar-refractivity contribution >= 4 is 18.4 Å². The van der Waals surface area contributed by atoms with Gasteiger partial charge in [0.05, 0.1) is 12.5 Å². The average molecular weight is 298 g/mol. The quantitative estimate of drug-likeness (QED) is 0.641. The molecule has 0 amide bonds. The minimum atomic E-state index is -5.66. The molecule has 1 N–H and O–H groups in total. The standard InChI is InChI=1S/C9H12F5NO2.ClH/c1-2-17-7(16)6-5(3-4-15-6)8(10,11)9(12,13)14;/h5-6,15H,2-4H2,1H3;1H/t5-,6-;/m0./s1. The number of carbonyl (C=O) groups is 1. The van der Waals surface area contributed by atoms with Gasteiger partial charge in [-0.2, -0.15) is 22.0 Å². The maximum atomic E-state index is 13.1. The van der Waals surface area contributed by atoms with E-state index in [-0.39, 0.29) is 25.6 Å². The summed E-state index contributed by atoms with van der Waals surface area (Å²) in [5.41, 5.74) is 0. The smallest absolute Gasteiger partial charge is 0.453 e. The normalized spacial score (nSPS) is 24.6. The van der Waals surface area contributed by atoms with E-state index >= 15 is 0 Å². The van der Waals surface area contributed by atoms with E-state index in [1.165, 1.54) is 6.92 Å². The van der Waals surface area contributed by atoms with E-state index in [1.807, 2.05) is 0 Å². The fourth-order valence-electron chi connectivity index (χ4n) is 1.78. The van der Waals surface area contributed by atoms with E-state index in [4.69, 9.17) is 0 Å². The number of hydrogen-bond acceptors (Lipinski definition) is 3. The maximum Gasteiger partial charge on any atom is 0.453 e. The van der Waals surface area contributed by atoms with Crippen LogP contribution in [-0.2, 0) is 9.53 Å². The van der Waals surface area contributed by atoms with Crippen molar-refractivity contribution in [3.8, 4) is 0 Å². The monoisotopic (exact) mass is 297 g/mol. The molecular weight excluding hydrogens is 285 g/mol. The molecule has 0 aromatic rings. The molecule has 108 valence electrons. The largest absolute Gasteiger partial charge is 0.465 e. The lowest BCUT2D eigenvalue weighted by molar-refractivity contribution is -0.303. The van der Waals surface area contributed by atoms with Crippen molar-refractivity contribution in [1.82, 2.24) is 5.32 Å². The first-order valence-corrected chi connectivity index (χ1v) is 5.06. The highest BCUT2D eigenvalue weighted by Crippen LogP contribution is 2.45. The molecule has 1 fully saturated rings. The molecule has 0 bridgehead atoms. The molecule has 1 aliphatic rings. The predicted octanol–water partition coefficient (Wildman–Crippen LogP) is 2.15. The van der Waals surface area contributed by atoms with Crippen LogP contribution in [0.25, 0.3) is 0 Å². The second-order valence-electron chi connectivity index (χ2n) is 3.70. The van der Waals surface area contributed by atoms with Gasteiger partial charge in [0.2, 0.25) is 0 Å². The molecular formula is C9H13ClF5NO2. The van der Waals surface area contributed by atoms with Gasteiger partial charge in [-0.15, -0.1) is 12.4 Å². The van der Waals surface area contributed by atoms with E-state index in [1.54, 1.807) is 0 Å². The van der Waals surface area contributed by atoms with Gasteiger partial charge < -0.3 is 10.1 Å². The fraction of sp³-hybridized carbons (Fsp3) is 0.889. The molecule has 1 saturated heterocycles. The van der Waals surface area contributed by atoms with Crippen molar-refractivity contribution in [2.45, 2.75) is 31.5 Å². The van der Waals surface area contributed by atoms with Crippen LogP contribution in [0.4, 0.5) is 22.0 Å². The fourth-order valence-corrected chi connectivity index (χ4v) is 1.78. The highest BCUT2D eigenvalue weighted by atomic mass is 35.5. The summed E-state index contributed by atoms with van der Waals surface area (Å²) in [4.78, 5) is 11.2. The molecule has 0 saturated carbocycles. The Balaban J connectivity index is 0.00000289. The molecule has 0 radical (unpaired) electrons. The van der Waals surface area contributed by atoms with Gasteiger partial charge in [0.1, 0.15) is 6.04 Å². The molecule has 0 unspecified atom stereocenters. The van der Waals surface area contributed by atoms with Gasteiger partial charge in [0.25, 0.3) is 0 Å². The van der Waals surface area contributed by atoms with Crippen molar-refractivity contribution in [1.29, 1.82) is 0 Å². The lowest BCUT2D eigenvalue weighted by Gasteiger charge is -2.28. The maximum absolute atomic E-state index is 13.1. The van der Waals surface area contributed by atoms with Crippen LogP contribution in [0.3, 0.4) is 0 Å². The van der Waals surface area contributed by atoms with E-state index in [9.17, 15) is 26.7 Å². The molecule has 1 heterocycles. The Hall–Kier alpha value is -0.630. The second-order valence-corrected chi connectivity index (χ2v) is 3.70. The molecule has 0 aromatic heterocycles. The molecule has 1 rings (SSSR count). The third-order valence-electron chi connectivity index (χ3n) is 2.61. The summed E-state index contributed by atoms with van der Waals surface area (Å²) in [6, 6.07) is -1.61. The van der Waals surface area contributed by atoms with Crippen molar-refractivity contribution in [2.75, 3.05) is 13.2 Å². The summed E-state index contributed by atoms with van der Waals surface area (Å²) in [6.45, 7) is 1.31. The van der Waals surface area contributed by atoms with Gasteiger partial charge in [-0.1, -0.05) is 0 Å². The summed E-state index contributed by atoms with van der Waals surface area (Å²) in [6.07, 6.45) is -6.08. The number of rotatable bonds is 3. The van der Waals surface area contributed by atoms with Crippen molar-refractivity contribution < 1.29 is 31.5 Å². The summed E-state index contributed by atoms with van der Waals surface area (Å²) in [5.74, 6) is -8.08. The minimum absolute atomic E-state index is 0. The van der Waals surface area contributed by atoms with Crippen LogP contribution >= 0.6 is 12.4 Å². The van der Waals surface area contributed by atoms with Crippen LogP contribution in [0.2, 0.25) is 0 Å². The van der Waals surface area contributed by atoms with Gasteiger partial charge in [0, 0.05) is 0 Å².